The van der Waals surface area contributed by atoms with Crippen LogP contribution < -0.4 is 23.7 Å². The molecule has 1 saturated carbocycles. The summed E-state index contributed by atoms with van der Waals surface area (Å²) in [6.07, 6.45) is 6.11. The Bertz CT molecular complexity index is 1980. The standard InChI is InChI=1S/C36H32N2O7/c1-37-14-12-35-20-16-36(34(35)45-32-24(43-4)9-6-18(27(32)35)15-21(20)37)33(40)26-19-7-10-22(41-2)29(39)30(19)44-31-23(42-3)8-5-17-11-13-38(36)28(26)25(17)31/h5-11,13,20-21,34,39H,12,14-16H2,1-4H3. The third-order valence-corrected chi connectivity index (χ3v) is 11.9. The lowest BCUT2D eigenvalue weighted by Crippen LogP contribution is -2.61. The number of likely N-dealkylation sites (N-methyl/N-ethyl adjacent to an activating group) is 1. The zero-order valence-electron chi connectivity index (χ0n) is 25.5. The molecule has 5 atom stereocenters. The highest BCUT2D eigenvalue weighted by atomic mass is 16.5. The van der Waals surface area contributed by atoms with E-state index in [1.165, 1.54) is 18.2 Å². The number of ketones is 1. The van der Waals surface area contributed by atoms with Crippen LogP contribution in [0.25, 0.3) is 17.3 Å². The van der Waals surface area contributed by atoms with Gasteiger partial charge in [0.05, 0.1) is 38.2 Å². The van der Waals surface area contributed by atoms with Crippen molar-refractivity contribution in [3.63, 3.8) is 0 Å². The van der Waals surface area contributed by atoms with E-state index in [-0.39, 0.29) is 40.4 Å². The summed E-state index contributed by atoms with van der Waals surface area (Å²) in [5, 5.41) is 11.4. The van der Waals surface area contributed by atoms with E-state index in [2.05, 4.69) is 29.1 Å². The second-order valence-corrected chi connectivity index (χ2v) is 13.3. The number of phenols is 1. The Balaban J connectivity index is 1.27. The van der Waals surface area contributed by atoms with Crippen LogP contribution in [0.5, 0.6) is 40.2 Å². The van der Waals surface area contributed by atoms with Crippen molar-refractivity contribution in [3.05, 3.63) is 70.4 Å². The molecule has 228 valence electrons. The smallest absolute Gasteiger partial charge is 0.202 e. The molecule has 3 aromatic carbocycles. The van der Waals surface area contributed by atoms with E-state index in [1.54, 1.807) is 20.3 Å². The van der Waals surface area contributed by atoms with E-state index in [1.807, 2.05) is 30.3 Å². The lowest BCUT2D eigenvalue weighted by atomic mass is 9.58. The highest BCUT2D eigenvalue weighted by Crippen LogP contribution is 2.72. The van der Waals surface area contributed by atoms with Crippen molar-refractivity contribution in [2.45, 2.75) is 42.4 Å². The molecule has 3 aromatic rings. The highest BCUT2D eigenvalue weighted by Gasteiger charge is 2.78. The van der Waals surface area contributed by atoms with Gasteiger partial charge in [-0.3, -0.25) is 4.79 Å². The summed E-state index contributed by atoms with van der Waals surface area (Å²) in [4.78, 5) is 20.3. The van der Waals surface area contributed by atoms with Gasteiger partial charge in [0.1, 0.15) is 11.6 Å². The molecule has 10 rings (SSSR count). The Labute approximate surface area is 260 Å². The first kappa shape index (κ1) is 25.7. The van der Waals surface area contributed by atoms with Gasteiger partial charge < -0.3 is 38.6 Å². The quantitative estimate of drug-likeness (QED) is 0.445. The van der Waals surface area contributed by atoms with Crippen molar-refractivity contribution >= 4 is 23.1 Å². The molecule has 0 amide bonds. The number of ether oxygens (including phenoxy) is 5. The number of fused-ring (bicyclic) bond motifs is 4. The zero-order chi connectivity index (χ0) is 30.6. The normalized spacial score (nSPS) is 30.4. The molecular formula is C36H32N2O7. The number of Topliss-reactive ketones (excluding diaryl/α,β-unsaturated/α-hetero) is 1. The van der Waals surface area contributed by atoms with E-state index >= 15 is 4.79 Å². The van der Waals surface area contributed by atoms with Crippen LogP contribution in [0.3, 0.4) is 0 Å². The van der Waals surface area contributed by atoms with Crippen molar-refractivity contribution in [3.8, 4) is 40.2 Å². The average molecular weight is 605 g/mol. The first-order chi connectivity index (χ1) is 21.9. The number of nitrogens with zero attached hydrogens (tertiary/aromatic N) is 2. The number of hydrogen-bond donors (Lipinski definition) is 1. The fourth-order valence-electron chi connectivity index (χ4n) is 10.1. The number of likely N-dealkylation sites (tertiary alicyclic amines) is 1. The Kier molecular flexibility index (Phi) is 4.65. The maximum Gasteiger partial charge on any atom is 0.202 e. The number of benzene rings is 3. The zero-order valence-corrected chi connectivity index (χ0v) is 25.5. The fraction of sp³-hybridized carbons (Fsp3) is 0.361. The summed E-state index contributed by atoms with van der Waals surface area (Å²) >= 11 is 0. The van der Waals surface area contributed by atoms with Crippen LogP contribution >= 0.6 is 0 Å². The molecule has 2 bridgehead atoms. The van der Waals surface area contributed by atoms with Crippen LogP contribution in [0.15, 0.2) is 42.6 Å². The van der Waals surface area contributed by atoms with Crippen LogP contribution in [-0.2, 0) is 16.6 Å². The number of rotatable bonds is 3. The largest absolute Gasteiger partial charge is 0.502 e. The lowest BCUT2D eigenvalue weighted by molar-refractivity contribution is -0.125. The van der Waals surface area contributed by atoms with Crippen molar-refractivity contribution < 1.29 is 33.6 Å². The second-order valence-electron chi connectivity index (χ2n) is 13.3. The van der Waals surface area contributed by atoms with Gasteiger partial charge in [-0.2, -0.15) is 0 Å². The molecular weight excluding hydrogens is 572 g/mol. The Hall–Kier alpha value is -4.63. The molecule has 0 aromatic heterocycles. The molecule has 5 unspecified atom stereocenters. The summed E-state index contributed by atoms with van der Waals surface area (Å²) < 4.78 is 30.8. The van der Waals surface area contributed by atoms with Crippen LogP contribution in [0.4, 0.5) is 0 Å². The van der Waals surface area contributed by atoms with E-state index in [0.717, 1.165) is 42.0 Å². The molecule has 1 N–H and O–H groups in total. The van der Waals surface area contributed by atoms with Gasteiger partial charge in [0.15, 0.2) is 40.3 Å². The van der Waals surface area contributed by atoms with Crippen molar-refractivity contribution in [2.24, 2.45) is 5.92 Å². The number of methoxy groups -OCH3 is 3. The van der Waals surface area contributed by atoms with Crippen LogP contribution in [0.2, 0.25) is 0 Å². The van der Waals surface area contributed by atoms with Gasteiger partial charge in [0.25, 0.3) is 0 Å². The Morgan fingerprint density at radius 2 is 1.71 bits per heavy atom. The molecule has 9 heteroatoms. The first-order valence-corrected chi connectivity index (χ1v) is 15.5. The molecule has 0 radical (unpaired) electrons. The summed E-state index contributed by atoms with van der Waals surface area (Å²) in [5.41, 5.74) is 4.66. The van der Waals surface area contributed by atoms with Crippen molar-refractivity contribution in [1.82, 2.24) is 9.80 Å². The van der Waals surface area contributed by atoms with Crippen molar-refractivity contribution in [2.75, 3.05) is 34.9 Å². The lowest BCUT2D eigenvalue weighted by Gasteiger charge is -2.52. The molecule has 2 fully saturated rings. The molecule has 45 heavy (non-hydrogen) atoms. The number of piperidine rings is 1. The molecule has 2 spiro atoms. The highest BCUT2D eigenvalue weighted by molar-refractivity contribution is 6.37. The topological polar surface area (TPSA) is 89.9 Å². The number of phenolic OH excluding ortho intramolecular Hbond substituents is 1. The van der Waals surface area contributed by atoms with Gasteiger partial charge >= 0.3 is 0 Å². The molecule has 2 aliphatic carbocycles. The summed E-state index contributed by atoms with van der Waals surface area (Å²) in [6.45, 7) is 0.929. The summed E-state index contributed by atoms with van der Waals surface area (Å²) in [5.74, 6) is 2.92. The maximum atomic E-state index is 15.6. The number of carbonyl (C=O) groups is 1. The molecule has 1 saturated heterocycles. The third-order valence-electron chi connectivity index (χ3n) is 11.9. The van der Waals surface area contributed by atoms with E-state index in [4.69, 9.17) is 23.7 Å². The molecule has 9 nitrogen and oxygen atoms in total. The van der Waals surface area contributed by atoms with Crippen LogP contribution in [-0.4, -0.2) is 73.3 Å². The number of carbonyl (C=O) groups excluding carboxylic acids is 1. The van der Waals surface area contributed by atoms with Gasteiger partial charge in [-0.05, 0) is 80.2 Å². The number of hydrogen-bond acceptors (Lipinski definition) is 9. The predicted molar refractivity (Wildman–Crippen MR) is 165 cm³/mol. The van der Waals surface area contributed by atoms with Gasteiger partial charge in [-0.25, -0.2) is 0 Å². The minimum absolute atomic E-state index is 0.0181. The Morgan fingerprint density at radius 3 is 2.51 bits per heavy atom. The summed E-state index contributed by atoms with van der Waals surface area (Å²) in [6, 6.07) is 11.8. The van der Waals surface area contributed by atoms with E-state index in [9.17, 15) is 5.11 Å². The predicted octanol–water partition coefficient (Wildman–Crippen LogP) is 4.98. The first-order valence-electron chi connectivity index (χ1n) is 15.5. The van der Waals surface area contributed by atoms with Gasteiger partial charge in [0, 0.05) is 28.8 Å². The monoisotopic (exact) mass is 604 g/mol. The van der Waals surface area contributed by atoms with Gasteiger partial charge in [-0.15, -0.1) is 0 Å². The number of aromatic hydroxyl groups is 1. The van der Waals surface area contributed by atoms with Crippen molar-refractivity contribution in [1.29, 1.82) is 0 Å². The third kappa shape index (κ3) is 2.64. The van der Waals surface area contributed by atoms with Gasteiger partial charge in [-0.1, -0.05) is 12.1 Å². The fourth-order valence-corrected chi connectivity index (χ4v) is 10.1. The molecule has 7 aliphatic rings. The molecule has 5 aliphatic heterocycles. The van der Waals surface area contributed by atoms with Crippen LogP contribution in [0, 0.1) is 5.92 Å². The van der Waals surface area contributed by atoms with E-state index < -0.39 is 11.6 Å². The Morgan fingerprint density at radius 1 is 0.956 bits per heavy atom. The van der Waals surface area contributed by atoms with Crippen LogP contribution in [0.1, 0.15) is 40.7 Å². The minimum Gasteiger partial charge on any atom is -0.502 e. The molecule has 5 heterocycles. The maximum absolute atomic E-state index is 15.6. The average Bonchev–Trinajstić information content (AvgIpc) is 3.59. The second kappa shape index (κ2) is 8.14. The minimum atomic E-state index is -1.02. The summed E-state index contributed by atoms with van der Waals surface area (Å²) in [7, 11) is 6.99. The van der Waals surface area contributed by atoms with E-state index in [0.29, 0.717) is 34.8 Å². The SMILES string of the molecule is COc1ccc2c(c1O)Oc1c(OC)ccc3c1C1=C2C(=O)C2(CC4C5Cc6ccc(OC)c7c6C4(CCN5C)C2O7)N1C=C3. The van der Waals surface area contributed by atoms with Gasteiger partial charge in [0.2, 0.25) is 5.75 Å².